The number of benzene rings is 1. The fourth-order valence-electron chi connectivity index (χ4n) is 2.53. The van der Waals surface area contributed by atoms with Gasteiger partial charge in [-0.1, -0.05) is 18.2 Å². The van der Waals surface area contributed by atoms with Crippen LogP contribution in [0.3, 0.4) is 0 Å². The van der Waals surface area contributed by atoms with E-state index in [2.05, 4.69) is 4.98 Å². The van der Waals surface area contributed by atoms with Gasteiger partial charge in [0.05, 0.1) is 23.6 Å². The second-order valence-electron chi connectivity index (χ2n) is 5.19. The minimum Gasteiger partial charge on any atom is -0.396 e. The van der Waals surface area contributed by atoms with Gasteiger partial charge in [-0.05, 0) is 24.3 Å². The molecule has 0 saturated heterocycles. The highest BCUT2D eigenvalue weighted by Gasteiger charge is 2.31. The van der Waals surface area contributed by atoms with Crippen LogP contribution in [0, 0.1) is 0 Å². The van der Waals surface area contributed by atoms with Crippen LogP contribution in [-0.2, 0) is 11.9 Å². The Morgan fingerprint density at radius 1 is 1.12 bits per heavy atom. The summed E-state index contributed by atoms with van der Waals surface area (Å²) < 4.78 is 40.9. The maximum atomic E-state index is 13.0. The van der Waals surface area contributed by atoms with E-state index in [-0.39, 0.29) is 6.61 Å². The van der Waals surface area contributed by atoms with Crippen LogP contribution in [0.2, 0.25) is 0 Å². The van der Waals surface area contributed by atoms with Gasteiger partial charge in [0.1, 0.15) is 5.65 Å². The highest BCUT2D eigenvalue weighted by atomic mass is 32.2. The van der Waals surface area contributed by atoms with Crippen LogP contribution < -0.4 is 0 Å². The summed E-state index contributed by atoms with van der Waals surface area (Å²) in [6.45, 7) is 0.0525. The first-order chi connectivity index (χ1) is 11.5. The third-order valence-corrected chi connectivity index (χ3v) is 4.49. The minimum absolute atomic E-state index is 0.0525. The van der Waals surface area contributed by atoms with E-state index in [1.807, 2.05) is 18.2 Å². The summed E-state index contributed by atoms with van der Waals surface area (Å²) in [5.41, 5.74) is 1.84. The SMILES string of the molecule is OCCSCc1nc2ccccn2c1-c1cccc(C(F)(F)F)c1. The van der Waals surface area contributed by atoms with Crippen LogP contribution in [0.4, 0.5) is 13.2 Å². The standard InChI is InChI=1S/C17H15F3N2OS/c18-17(19,20)13-5-3-4-12(10-13)16-14(11-24-9-8-23)21-15-6-1-2-7-22(15)16/h1-7,10,23H,8-9,11H2. The summed E-state index contributed by atoms with van der Waals surface area (Å²) in [4.78, 5) is 4.53. The van der Waals surface area contributed by atoms with Crippen molar-refractivity contribution in [1.29, 1.82) is 0 Å². The van der Waals surface area contributed by atoms with Crippen LogP contribution >= 0.6 is 11.8 Å². The minimum atomic E-state index is -4.39. The zero-order chi connectivity index (χ0) is 17.2. The molecular weight excluding hydrogens is 337 g/mol. The molecule has 0 atom stereocenters. The zero-order valence-corrected chi connectivity index (χ0v) is 13.4. The van der Waals surface area contributed by atoms with Crippen molar-refractivity contribution in [1.82, 2.24) is 9.38 Å². The Hall–Kier alpha value is -1.99. The van der Waals surface area contributed by atoms with Crippen molar-refractivity contribution in [2.75, 3.05) is 12.4 Å². The van der Waals surface area contributed by atoms with Gasteiger partial charge < -0.3 is 5.11 Å². The van der Waals surface area contributed by atoms with Crippen molar-refractivity contribution in [2.45, 2.75) is 11.9 Å². The van der Waals surface area contributed by atoms with Crippen LogP contribution in [0.5, 0.6) is 0 Å². The van der Waals surface area contributed by atoms with Crippen molar-refractivity contribution >= 4 is 17.4 Å². The Balaban J connectivity index is 2.11. The molecule has 7 heteroatoms. The van der Waals surface area contributed by atoms with E-state index in [0.29, 0.717) is 34.1 Å². The van der Waals surface area contributed by atoms with Crippen LogP contribution in [-0.4, -0.2) is 26.9 Å². The van der Waals surface area contributed by atoms with E-state index in [4.69, 9.17) is 5.11 Å². The number of halogens is 3. The van der Waals surface area contributed by atoms with Gasteiger partial charge in [0.2, 0.25) is 0 Å². The topological polar surface area (TPSA) is 37.5 Å². The highest BCUT2D eigenvalue weighted by molar-refractivity contribution is 7.98. The molecule has 0 unspecified atom stereocenters. The van der Waals surface area contributed by atoms with Crippen LogP contribution in [0.1, 0.15) is 11.3 Å². The van der Waals surface area contributed by atoms with E-state index in [0.717, 1.165) is 12.1 Å². The van der Waals surface area contributed by atoms with Gasteiger partial charge >= 0.3 is 6.18 Å². The van der Waals surface area contributed by atoms with E-state index < -0.39 is 11.7 Å². The number of aromatic nitrogens is 2. The van der Waals surface area contributed by atoms with Crippen molar-refractivity contribution in [3.05, 3.63) is 59.9 Å². The van der Waals surface area contributed by atoms with E-state index >= 15 is 0 Å². The molecule has 3 aromatic rings. The maximum Gasteiger partial charge on any atom is 0.416 e. The summed E-state index contributed by atoms with van der Waals surface area (Å²) in [7, 11) is 0. The second kappa shape index (κ2) is 6.86. The Morgan fingerprint density at radius 3 is 2.71 bits per heavy atom. The normalized spacial score (nSPS) is 12.0. The van der Waals surface area contributed by atoms with Gasteiger partial charge in [-0.3, -0.25) is 4.40 Å². The summed E-state index contributed by atoms with van der Waals surface area (Å²) in [6, 6.07) is 10.7. The molecule has 0 fully saturated rings. The number of hydrogen-bond donors (Lipinski definition) is 1. The predicted molar refractivity (Wildman–Crippen MR) is 88.9 cm³/mol. The van der Waals surface area contributed by atoms with Gasteiger partial charge in [-0.15, -0.1) is 0 Å². The first kappa shape index (κ1) is 16.9. The number of aliphatic hydroxyl groups is 1. The molecular formula is C17H15F3N2OS. The third kappa shape index (κ3) is 3.42. The average Bonchev–Trinajstić information content (AvgIpc) is 2.92. The van der Waals surface area contributed by atoms with Gasteiger partial charge in [0.15, 0.2) is 0 Å². The molecule has 2 heterocycles. The molecule has 3 nitrogen and oxygen atoms in total. The van der Waals surface area contributed by atoms with Gasteiger partial charge in [-0.25, -0.2) is 4.98 Å². The lowest BCUT2D eigenvalue weighted by Gasteiger charge is -2.10. The molecule has 0 radical (unpaired) electrons. The number of nitrogens with zero attached hydrogens (tertiary/aromatic N) is 2. The monoisotopic (exact) mass is 352 g/mol. The molecule has 0 aliphatic heterocycles. The Kier molecular flexibility index (Phi) is 4.82. The fourth-order valence-corrected chi connectivity index (χ4v) is 3.20. The molecule has 0 amide bonds. The number of imidazole rings is 1. The first-order valence-corrected chi connectivity index (χ1v) is 8.48. The molecule has 0 saturated carbocycles. The molecule has 24 heavy (non-hydrogen) atoms. The molecule has 0 aliphatic carbocycles. The van der Waals surface area contributed by atoms with Crippen LogP contribution in [0.25, 0.3) is 16.9 Å². The second-order valence-corrected chi connectivity index (χ2v) is 6.30. The quantitative estimate of drug-likeness (QED) is 0.698. The smallest absolute Gasteiger partial charge is 0.396 e. The molecule has 0 bridgehead atoms. The van der Waals surface area contributed by atoms with E-state index in [1.54, 1.807) is 16.7 Å². The maximum absolute atomic E-state index is 13.0. The number of thioether (sulfide) groups is 1. The Bertz CT molecular complexity index is 845. The molecule has 0 aliphatic rings. The van der Waals surface area contributed by atoms with E-state index in [9.17, 15) is 13.2 Å². The van der Waals surface area contributed by atoms with E-state index in [1.165, 1.54) is 17.8 Å². The summed E-state index contributed by atoms with van der Waals surface area (Å²) in [5, 5.41) is 8.92. The molecule has 2 aromatic heterocycles. The number of rotatable bonds is 5. The lowest BCUT2D eigenvalue weighted by molar-refractivity contribution is -0.137. The number of fused-ring (bicyclic) bond motifs is 1. The lowest BCUT2D eigenvalue weighted by Crippen LogP contribution is -2.05. The molecule has 0 spiro atoms. The number of hydrogen-bond acceptors (Lipinski definition) is 3. The zero-order valence-electron chi connectivity index (χ0n) is 12.6. The molecule has 3 rings (SSSR count). The Morgan fingerprint density at radius 2 is 1.96 bits per heavy atom. The third-order valence-electron chi connectivity index (χ3n) is 3.54. The summed E-state index contributed by atoms with van der Waals surface area (Å²) >= 11 is 1.49. The van der Waals surface area contributed by atoms with Gasteiger partial charge in [-0.2, -0.15) is 24.9 Å². The molecule has 1 N–H and O–H groups in total. The van der Waals surface area contributed by atoms with Crippen molar-refractivity contribution in [2.24, 2.45) is 0 Å². The fraction of sp³-hybridized carbons (Fsp3) is 0.235. The highest BCUT2D eigenvalue weighted by Crippen LogP contribution is 2.34. The summed E-state index contributed by atoms with van der Waals surface area (Å²) in [5.74, 6) is 1.07. The van der Waals surface area contributed by atoms with Crippen molar-refractivity contribution in [3.63, 3.8) is 0 Å². The van der Waals surface area contributed by atoms with Gasteiger partial charge in [0, 0.05) is 23.3 Å². The molecule has 1 aromatic carbocycles. The average molecular weight is 352 g/mol. The number of aliphatic hydroxyl groups excluding tert-OH is 1. The molecule has 126 valence electrons. The Labute approximate surface area is 141 Å². The predicted octanol–water partition coefficient (Wildman–Crippen LogP) is 4.25. The van der Waals surface area contributed by atoms with Crippen molar-refractivity contribution in [3.8, 4) is 11.3 Å². The largest absolute Gasteiger partial charge is 0.416 e. The number of alkyl halides is 3. The van der Waals surface area contributed by atoms with Crippen LogP contribution in [0.15, 0.2) is 48.7 Å². The van der Waals surface area contributed by atoms with Crippen molar-refractivity contribution < 1.29 is 18.3 Å². The first-order valence-electron chi connectivity index (χ1n) is 7.33. The number of pyridine rings is 1. The lowest BCUT2D eigenvalue weighted by atomic mass is 10.1. The van der Waals surface area contributed by atoms with Gasteiger partial charge in [0.25, 0.3) is 0 Å². The summed E-state index contributed by atoms with van der Waals surface area (Å²) in [6.07, 6.45) is -2.60.